The van der Waals surface area contributed by atoms with E-state index in [4.69, 9.17) is 21.1 Å². The highest BCUT2D eigenvalue weighted by atomic mass is 35.5. The number of nitrogens with one attached hydrogen (secondary N) is 1. The van der Waals surface area contributed by atoms with Gasteiger partial charge in [-0.2, -0.15) is 0 Å². The Morgan fingerprint density at radius 1 is 1.50 bits per heavy atom. The van der Waals surface area contributed by atoms with E-state index in [0.29, 0.717) is 26.4 Å². The summed E-state index contributed by atoms with van der Waals surface area (Å²) in [5.41, 5.74) is 0.869. The van der Waals surface area contributed by atoms with Gasteiger partial charge >= 0.3 is 0 Å². The van der Waals surface area contributed by atoms with Crippen LogP contribution in [0.3, 0.4) is 0 Å². The molecule has 0 amide bonds. The SMILES string of the molecule is CC(NCC1COCCO1)c1ccc(Cl)c(F)c1. The van der Waals surface area contributed by atoms with E-state index in [-0.39, 0.29) is 23.0 Å². The Labute approximate surface area is 111 Å². The molecule has 0 spiro atoms. The molecule has 1 saturated heterocycles. The molecule has 1 fully saturated rings. The third-order valence-electron chi connectivity index (χ3n) is 2.98. The van der Waals surface area contributed by atoms with Gasteiger partial charge in [-0.15, -0.1) is 0 Å². The molecule has 1 aliphatic rings. The van der Waals surface area contributed by atoms with E-state index in [2.05, 4.69) is 5.32 Å². The van der Waals surface area contributed by atoms with Crippen molar-refractivity contribution in [3.63, 3.8) is 0 Å². The van der Waals surface area contributed by atoms with Crippen molar-refractivity contribution in [3.05, 3.63) is 34.6 Å². The van der Waals surface area contributed by atoms with Crippen molar-refractivity contribution in [2.24, 2.45) is 0 Å². The Morgan fingerprint density at radius 3 is 3.00 bits per heavy atom. The van der Waals surface area contributed by atoms with Gasteiger partial charge in [-0.25, -0.2) is 4.39 Å². The molecule has 2 unspecified atom stereocenters. The molecule has 0 bridgehead atoms. The first kappa shape index (κ1) is 13.7. The van der Waals surface area contributed by atoms with E-state index in [9.17, 15) is 4.39 Å². The minimum atomic E-state index is -0.389. The first-order chi connectivity index (χ1) is 8.66. The van der Waals surface area contributed by atoms with Crippen molar-refractivity contribution in [1.82, 2.24) is 5.32 Å². The summed E-state index contributed by atoms with van der Waals surface area (Å²) in [5.74, 6) is -0.389. The number of hydrogen-bond acceptors (Lipinski definition) is 3. The largest absolute Gasteiger partial charge is 0.376 e. The fourth-order valence-corrected chi connectivity index (χ4v) is 1.98. The average Bonchev–Trinajstić information content (AvgIpc) is 2.40. The van der Waals surface area contributed by atoms with Crippen LogP contribution in [-0.2, 0) is 9.47 Å². The molecule has 1 aromatic carbocycles. The highest BCUT2D eigenvalue weighted by Crippen LogP contribution is 2.20. The van der Waals surface area contributed by atoms with Gasteiger partial charge in [0, 0.05) is 12.6 Å². The van der Waals surface area contributed by atoms with Gasteiger partial charge in [0.25, 0.3) is 0 Å². The van der Waals surface area contributed by atoms with Gasteiger partial charge < -0.3 is 14.8 Å². The highest BCUT2D eigenvalue weighted by Gasteiger charge is 2.16. The molecule has 2 atom stereocenters. The lowest BCUT2D eigenvalue weighted by Gasteiger charge is -2.25. The molecular formula is C13H17ClFNO2. The molecule has 5 heteroatoms. The number of ether oxygens (including phenoxy) is 2. The molecule has 1 aliphatic heterocycles. The molecule has 1 heterocycles. The van der Waals surface area contributed by atoms with Crippen LogP contribution in [0.25, 0.3) is 0 Å². The predicted octanol–water partition coefficient (Wildman–Crippen LogP) is 2.55. The van der Waals surface area contributed by atoms with E-state index in [0.717, 1.165) is 5.56 Å². The molecule has 100 valence electrons. The minimum Gasteiger partial charge on any atom is -0.376 e. The molecule has 1 N–H and O–H groups in total. The fourth-order valence-electron chi connectivity index (χ4n) is 1.86. The second-order valence-corrected chi connectivity index (χ2v) is 4.78. The second kappa shape index (κ2) is 6.48. The first-order valence-electron chi connectivity index (χ1n) is 6.04. The van der Waals surface area contributed by atoms with Gasteiger partial charge in [0.2, 0.25) is 0 Å². The lowest BCUT2D eigenvalue weighted by molar-refractivity contribution is -0.0869. The number of hydrogen-bond donors (Lipinski definition) is 1. The molecule has 0 aliphatic carbocycles. The predicted molar refractivity (Wildman–Crippen MR) is 68.4 cm³/mol. The van der Waals surface area contributed by atoms with Crippen molar-refractivity contribution in [2.75, 3.05) is 26.4 Å². The zero-order chi connectivity index (χ0) is 13.0. The Kier molecular flexibility index (Phi) is 4.95. The molecule has 18 heavy (non-hydrogen) atoms. The summed E-state index contributed by atoms with van der Waals surface area (Å²) in [5, 5.41) is 3.45. The first-order valence-corrected chi connectivity index (χ1v) is 6.42. The maximum atomic E-state index is 13.3. The summed E-state index contributed by atoms with van der Waals surface area (Å²) < 4.78 is 24.2. The van der Waals surface area contributed by atoms with Gasteiger partial charge in [-0.3, -0.25) is 0 Å². The number of rotatable bonds is 4. The van der Waals surface area contributed by atoms with Gasteiger partial charge in [-0.1, -0.05) is 17.7 Å². The van der Waals surface area contributed by atoms with Crippen molar-refractivity contribution in [1.29, 1.82) is 0 Å². The summed E-state index contributed by atoms with van der Waals surface area (Å²) in [6.07, 6.45) is 0.0679. The summed E-state index contributed by atoms with van der Waals surface area (Å²) in [4.78, 5) is 0. The molecule has 0 saturated carbocycles. The summed E-state index contributed by atoms with van der Waals surface area (Å²) in [7, 11) is 0. The van der Waals surface area contributed by atoms with Crippen molar-refractivity contribution >= 4 is 11.6 Å². The molecule has 3 nitrogen and oxygen atoms in total. The minimum absolute atomic E-state index is 0.0438. The van der Waals surface area contributed by atoms with E-state index < -0.39 is 0 Å². The van der Waals surface area contributed by atoms with Gasteiger partial charge in [0.15, 0.2) is 0 Å². The number of benzene rings is 1. The third-order valence-corrected chi connectivity index (χ3v) is 3.29. The van der Waals surface area contributed by atoms with Crippen molar-refractivity contribution < 1.29 is 13.9 Å². The van der Waals surface area contributed by atoms with Crippen molar-refractivity contribution in [2.45, 2.75) is 19.1 Å². The van der Waals surface area contributed by atoms with Gasteiger partial charge in [0.1, 0.15) is 5.82 Å². The molecule has 2 rings (SSSR count). The Balaban J connectivity index is 1.86. The van der Waals surface area contributed by atoms with E-state index in [1.54, 1.807) is 6.07 Å². The Morgan fingerprint density at radius 2 is 2.33 bits per heavy atom. The molecule has 0 radical (unpaired) electrons. The standard InChI is InChI=1S/C13H17ClFNO2/c1-9(10-2-3-12(14)13(15)6-10)16-7-11-8-17-4-5-18-11/h2-3,6,9,11,16H,4-5,7-8H2,1H3. The zero-order valence-electron chi connectivity index (χ0n) is 10.3. The van der Waals surface area contributed by atoms with Crippen LogP contribution >= 0.6 is 11.6 Å². The summed E-state index contributed by atoms with van der Waals surface area (Å²) in [6, 6.07) is 4.90. The smallest absolute Gasteiger partial charge is 0.142 e. The Bertz CT molecular complexity index is 397. The topological polar surface area (TPSA) is 30.5 Å². The fraction of sp³-hybridized carbons (Fsp3) is 0.538. The lowest BCUT2D eigenvalue weighted by Crippen LogP contribution is -2.38. The summed E-state index contributed by atoms with van der Waals surface area (Å²) in [6.45, 7) is 4.57. The summed E-state index contributed by atoms with van der Waals surface area (Å²) >= 11 is 5.65. The Hall–Kier alpha value is -0.680. The quantitative estimate of drug-likeness (QED) is 0.915. The van der Waals surface area contributed by atoms with E-state index >= 15 is 0 Å². The van der Waals surface area contributed by atoms with Crippen molar-refractivity contribution in [3.8, 4) is 0 Å². The van der Waals surface area contributed by atoms with Gasteiger partial charge in [-0.05, 0) is 24.6 Å². The second-order valence-electron chi connectivity index (χ2n) is 4.37. The van der Waals surface area contributed by atoms with Crippen LogP contribution in [0.15, 0.2) is 18.2 Å². The maximum absolute atomic E-state index is 13.3. The normalized spacial score (nSPS) is 21.8. The zero-order valence-corrected chi connectivity index (χ0v) is 11.0. The van der Waals surface area contributed by atoms with Gasteiger partial charge in [0.05, 0.1) is 30.9 Å². The highest BCUT2D eigenvalue weighted by molar-refractivity contribution is 6.30. The van der Waals surface area contributed by atoms with E-state index in [1.807, 2.05) is 13.0 Å². The van der Waals surface area contributed by atoms with Crippen LogP contribution in [0.5, 0.6) is 0 Å². The van der Waals surface area contributed by atoms with E-state index in [1.165, 1.54) is 6.07 Å². The van der Waals surface area contributed by atoms with Crippen LogP contribution in [0.1, 0.15) is 18.5 Å². The average molecular weight is 274 g/mol. The lowest BCUT2D eigenvalue weighted by atomic mass is 10.1. The third kappa shape index (κ3) is 3.65. The van der Waals surface area contributed by atoms with Crippen LogP contribution in [-0.4, -0.2) is 32.5 Å². The van der Waals surface area contributed by atoms with Crippen LogP contribution in [0.2, 0.25) is 5.02 Å². The van der Waals surface area contributed by atoms with Crippen LogP contribution in [0.4, 0.5) is 4.39 Å². The number of halogens is 2. The maximum Gasteiger partial charge on any atom is 0.142 e. The van der Waals surface area contributed by atoms with Crippen LogP contribution in [0, 0.1) is 5.82 Å². The molecular weight excluding hydrogens is 257 g/mol. The monoisotopic (exact) mass is 273 g/mol. The molecule has 0 aromatic heterocycles. The van der Waals surface area contributed by atoms with Crippen LogP contribution < -0.4 is 5.32 Å². The molecule has 1 aromatic rings.